The van der Waals surface area contributed by atoms with E-state index in [9.17, 15) is 4.39 Å². The number of fused-ring (bicyclic) bond motifs is 1. The summed E-state index contributed by atoms with van der Waals surface area (Å²) in [5, 5.41) is 0. The van der Waals surface area contributed by atoms with E-state index in [1.807, 2.05) is 30.3 Å². The van der Waals surface area contributed by atoms with E-state index in [4.69, 9.17) is 4.74 Å². The lowest BCUT2D eigenvalue weighted by atomic mass is 10.1. The van der Waals surface area contributed by atoms with Crippen LogP contribution in [0.25, 0.3) is 22.4 Å². The quantitative estimate of drug-likeness (QED) is 0.618. The molecule has 0 saturated carbocycles. The van der Waals surface area contributed by atoms with Gasteiger partial charge in [0.25, 0.3) is 0 Å². The van der Waals surface area contributed by atoms with E-state index in [1.54, 1.807) is 6.07 Å². The number of aromatic nitrogens is 2. The van der Waals surface area contributed by atoms with Crippen LogP contribution in [0.5, 0.6) is 0 Å². The number of nitrogens with one attached hydrogen (secondary N) is 1. The van der Waals surface area contributed by atoms with Crippen molar-refractivity contribution in [2.45, 2.75) is 32.8 Å². The minimum Gasteiger partial charge on any atom is -0.377 e. The maximum Gasteiger partial charge on any atom is 0.138 e. The lowest BCUT2D eigenvalue weighted by Gasteiger charge is -2.06. The number of benzene rings is 2. The minimum absolute atomic E-state index is 0.251. The van der Waals surface area contributed by atoms with Crippen LogP contribution in [0.1, 0.15) is 31.7 Å². The van der Waals surface area contributed by atoms with Crippen LogP contribution in [-0.4, -0.2) is 16.6 Å². The Balaban J connectivity index is 1.71. The van der Waals surface area contributed by atoms with Gasteiger partial charge >= 0.3 is 0 Å². The van der Waals surface area contributed by atoms with Gasteiger partial charge in [0, 0.05) is 17.7 Å². The van der Waals surface area contributed by atoms with Crippen molar-refractivity contribution in [1.29, 1.82) is 0 Å². The predicted octanol–water partition coefficient (Wildman–Crippen LogP) is 5.08. The SMILES string of the molecule is CCCCCOCc1ccc(-c2nc3ccccc3[nH]2)cc1F. The molecule has 3 aromatic rings. The molecule has 0 spiro atoms. The first-order valence-corrected chi connectivity index (χ1v) is 8.09. The number of ether oxygens (including phenoxy) is 1. The second-order valence-electron chi connectivity index (χ2n) is 5.67. The number of nitrogens with zero attached hydrogens (tertiary/aromatic N) is 1. The summed E-state index contributed by atoms with van der Waals surface area (Å²) in [6, 6.07) is 13.0. The molecule has 1 N–H and O–H groups in total. The lowest BCUT2D eigenvalue weighted by Crippen LogP contribution is -1.98. The Morgan fingerprint density at radius 1 is 1.13 bits per heavy atom. The standard InChI is InChI=1S/C19H21FN2O/c1-2-3-6-11-23-13-15-10-9-14(12-16(15)20)19-21-17-7-4-5-8-18(17)22-19/h4-5,7-10,12H,2-3,6,11,13H2,1H3,(H,21,22). The first-order valence-electron chi connectivity index (χ1n) is 8.09. The molecule has 0 saturated heterocycles. The molecule has 1 aromatic heterocycles. The molecule has 4 heteroatoms. The third kappa shape index (κ3) is 3.77. The summed E-state index contributed by atoms with van der Waals surface area (Å²) in [4.78, 5) is 7.71. The molecular weight excluding hydrogens is 291 g/mol. The van der Waals surface area contributed by atoms with Crippen LogP contribution in [0, 0.1) is 5.82 Å². The molecule has 0 bridgehead atoms. The number of unbranched alkanes of at least 4 members (excludes halogenated alkanes) is 2. The molecule has 0 fully saturated rings. The molecule has 0 aliphatic rings. The van der Waals surface area contributed by atoms with Crippen molar-refractivity contribution in [2.24, 2.45) is 0 Å². The zero-order valence-electron chi connectivity index (χ0n) is 13.3. The van der Waals surface area contributed by atoms with Crippen LogP contribution in [0.2, 0.25) is 0 Å². The molecule has 3 rings (SSSR count). The van der Waals surface area contributed by atoms with Crippen molar-refractivity contribution in [3.63, 3.8) is 0 Å². The van der Waals surface area contributed by atoms with E-state index in [1.165, 1.54) is 6.07 Å². The highest BCUT2D eigenvalue weighted by Crippen LogP contribution is 2.22. The predicted molar refractivity (Wildman–Crippen MR) is 90.7 cm³/mol. The second kappa shape index (κ2) is 7.38. The Hall–Kier alpha value is -2.20. The van der Waals surface area contributed by atoms with Crippen molar-refractivity contribution < 1.29 is 9.13 Å². The first kappa shape index (κ1) is 15.7. The zero-order chi connectivity index (χ0) is 16.1. The van der Waals surface area contributed by atoms with Crippen LogP contribution >= 0.6 is 0 Å². The Bertz CT molecular complexity index is 749. The minimum atomic E-state index is -0.251. The maximum atomic E-state index is 14.2. The van der Waals surface area contributed by atoms with Crippen molar-refractivity contribution in [1.82, 2.24) is 9.97 Å². The smallest absolute Gasteiger partial charge is 0.138 e. The van der Waals surface area contributed by atoms with E-state index in [2.05, 4.69) is 16.9 Å². The summed E-state index contributed by atoms with van der Waals surface area (Å²) in [6.07, 6.45) is 3.33. The van der Waals surface area contributed by atoms with Gasteiger partial charge in [0.05, 0.1) is 17.6 Å². The summed E-state index contributed by atoms with van der Waals surface area (Å²) in [7, 11) is 0. The van der Waals surface area contributed by atoms with Gasteiger partial charge in [-0.3, -0.25) is 0 Å². The number of H-pyrrole nitrogens is 1. The highest BCUT2D eigenvalue weighted by Gasteiger charge is 2.09. The van der Waals surface area contributed by atoms with Crippen molar-refractivity contribution in [2.75, 3.05) is 6.61 Å². The molecule has 23 heavy (non-hydrogen) atoms. The number of aromatic amines is 1. The maximum absolute atomic E-state index is 14.2. The van der Waals surface area contributed by atoms with Gasteiger partial charge < -0.3 is 9.72 Å². The van der Waals surface area contributed by atoms with Crippen molar-refractivity contribution in [3.8, 4) is 11.4 Å². The molecule has 2 aromatic carbocycles. The largest absolute Gasteiger partial charge is 0.377 e. The fourth-order valence-corrected chi connectivity index (χ4v) is 2.54. The number of halogens is 1. The van der Waals surface area contributed by atoms with Crippen molar-refractivity contribution >= 4 is 11.0 Å². The molecule has 0 amide bonds. The Labute approximate surface area is 135 Å². The van der Waals surface area contributed by atoms with Gasteiger partial charge in [0.2, 0.25) is 0 Å². The van der Waals surface area contributed by atoms with Crippen molar-refractivity contribution in [3.05, 3.63) is 53.8 Å². The summed E-state index contributed by atoms with van der Waals surface area (Å²) < 4.78 is 19.8. The molecule has 0 unspecified atom stereocenters. The first-order chi connectivity index (χ1) is 11.3. The highest BCUT2D eigenvalue weighted by atomic mass is 19.1. The fourth-order valence-electron chi connectivity index (χ4n) is 2.54. The number of rotatable bonds is 7. The molecule has 0 aliphatic carbocycles. The summed E-state index contributed by atoms with van der Waals surface area (Å²) in [5.74, 6) is 0.430. The lowest BCUT2D eigenvalue weighted by molar-refractivity contribution is 0.115. The van der Waals surface area contributed by atoms with Gasteiger partial charge in [0.1, 0.15) is 11.6 Å². The average molecular weight is 312 g/mol. The number of imidazole rings is 1. The molecule has 3 nitrogen and oxygen atoms in total. The van der Waals surface area contributed by atoms with Crippen LogP contribution in [0.15, 0.2) is 42.5 Å². The molecular formula is C19H21FN2O. The summed E-state index contributed by atoms with van der Waals surface area (Å²) in [6.45, 7) is 3.14. The number of para-hydroxylation sites is 2. The van der Waals surface area contributed by atoms with Gasteiger partial charge in [-0.05, 0) is 24.6 Å². The fraction of sp³-hybridized carbons (Fsp3) is 0.316. The molecule has 0 radical (unpaired) electrons. The van der Waals surface area contributed by atoms with Crippen LogP contribution < -0.4 is 0 Å². The Morgan fingerprint density at radius 3 is 2.78 bits per heavy atom. The normalized spacial score (nSPS) is 11.2. The average Bonchev–Trinajstić information content (AvgIpc) is 3.00. The highest BCUT2D eigenvalue weighted by molar-refractivity contribution is 5.79. The van der Waals surface area contributed by atoms with Gasteiger partial charge in [-0.15, -0.1) is 0 Å². The number of hydrogen-bond acceptors (Lipinski definition) is 2. The second-order valence-corrected chi connectivity index (χ2v) is 5.67. The molecule has 0 aliphatic heterocycles. The monoisotopic (exact) mass is 312 g/mol. The molecule has 1 heterocycles. The van der Waals surface area contributed by atoms with E-state index in [0.717, 1.165) is 35.9 Å². The van der Waals surface area contributed by atoms with Gasteiger partial charge in [0.15, 0.2) is 0 Å². The summed E-state index contributed by atoms with van der Waals surface area (Å²) in [5.41, 5.74) is 3.16. The van der Waals surface area contributed by atoms with E-state index >= 15 is 0 Å². The van der Waals surface area contributed by atoms with Gasteiger partial charge in [-0.25, -0.2) is 9.37 Å². The van der Waals surface area contributed by atoms with Crippen LogP contribution in [0.4, 0.5) is 4.39 Å². The zero-order valence-corrected chi connectivity index (χ0v) is 13.3. The summed E-state index contributed by atoms with van der Waals surface area (Å²) >= 11 is 0. The van der Waals surface area contributed by atoms with Crippen LogP contribution in [-0.2, 0) is 11.3 Å². The molecule has 120 valence electrons. The van der Waals surface area contributed by atoms with Gasteiger partial charge in [-0.1, -0.05) is 44.0 Å². The number of hydrogen-bond donors (Lipinski definition) is 1. The van der Waals surface area contributed by atoms with E-state index < -0.39 is 0 Å². The Kier molecular flexibility index (Phi) is 5.03. The third-order valence-electron chi connectivity index (χ3n) is 3.87. The van der Waals surface area contributed by atoms with Gasteiger partial charge in [-0.2, -0.15) is 0 Å². The Morgan fingerprint density at radius 2 is 2.00 bits per heavy atom. The topological polar surface area (TPSA) is 37.9 Å². The van der Waals surface area contributed by atoms with E-state index in [0.29, 0.717) is 24.6 Å². The van der Waals surface area contributed by atoms with E-state index in [-0.39, 0.29) is 5.82 Å². The van der Waals surface area contributed by atoms with Crippen LogP contribution in [0.3, 0.4) is 0 Å². The molecule has 0 atom stereocenters. The third-order valence-corrected chi connectivity index (χ3v) is 3.87.